The fourth-order valence-electron chi connectivity index (χ4n) is 3.66. The molecule has 2 aromatic heterocycles. The number of imidazole rings is 1. The summed E-state index contributed by atoms with van der Waals surface area (Å²) in [5.41, 5.74) is 8.15. The molecule has 3 aromatic rings. The van der Waals surface area contributed by atoms with E-state index in [9.17, 15) is 24.3 Å². The van der Waals surface area contributed by atoms with E-state index in [-0.39, 0.29) is 12.8 Å². The van der Waals surface area contributed by atoms with Crippen LogP contribution in [0.5, 0.6) is 0 Å². The topological polar surface area (TPSA) is 236 Å². The minimum Gasteiger partial charge on any atom is -0.480 e. The van der Waals surface area contributed by atoms with Gasteiger partial charge in [0, 0.05) is 41.8 Å². The highest BCUT2D eigenvalue weighted by atomic mass is 16.4. The lowest BCUT2D eigenvalue weighted by Gasteiger charge is -2.24. The van der Waals surface area contributed by atoms with E-state index < -0.39 is 61.1 Å². The third-order valence-electron chi connectivity index (χ3n) is 5.68. The smallest absolute Gasteiger partial charge is 0.328 e. The molecule has 0 aliphatic rings. The Balaban J connectivity index is 1.77. The van der Waals surface area contributed by atoms with E-state index in [2.05, 4.69) is 25.6 Å². The summed E-state index contributed by atoms with van der Waals surface area (Å²) in [5, 5.41) is 35.6. The van der Waals surface area contributed by atoms with Gasteiger partial charge in [-0.05, 0) is 11.6 Å². The number of nitrogens with two attached hydrogens (primary N) is 1. The number of carbonyl (C=O) groups excluding carboxylic acids is 3. The van der Waals surface area contributed by atoms with E-state index in [0.29, 0.717) is 11.3 Å². The molecule has 0 aliphatic heterocycles. The number of aromatic amines is 2. The number of para-hydroxylation sites is 1. The normalized spacial score (nSPS) is 14.4. The third kappa shape index (κ3) is 7.13. The number of benzene rings is 1. The number of nitrogens with one attached hydrogen (secondary N) is 5. The first-order valence-corrected chi connectivity index (χ1v) is 11.4. The van der Waals surface area contributed by atoms with Crippen molar-refractivity contribution in [3.63, 3.8) is 0 Å². The van der Waals surface area contributed by atoms with E-state index in [1.165, 1.54) is 12.5 Å². The SMILES string of the molecule is NC(Cc1cnc[nH]1)C(=O)NC(Cc1c[nH]c2ccccc12)C(=O)NC(CO)C(=O)NC(CO)C(=O)O. The zero-order valence-corrected chi connectivity index (χ0v) is 19.7. The van der Waals surface area contributed by atoms with Gasteiger partial charge in [0.25, 0.3) is 0 Å². The van der Waals surface area contributed by atoms with Crippen molar-refractivity contribution in [2.24, 2.45) is 5.73 Å². The second-order valence-electron chi connectivity index (χ2n) is 8.34. The summed E-state index contributed by atoms with van der Waals surface area (Å²) in [7, 11) is 0. The predicted octanol–water partition coefficient (Wildman–Crippen LogP) is -2.47. The van der Waals surface area contributed by atoms with Crippen LogP contribution in [0.4, 0.5) is 0 Å². The van der Waals surface area contributed by atoms with Crippen molar-refractivity contribution >= 4 is 34.6 Å². The summed E-state index contributed by atoms with van der Waals surface area (Å²) in [6, 6.07) is 1.96. The number of hydrogen-bond acceptors (Lipinski definition) is 8. The Morgan fingerprint density at radius 2 is 1.54 bits per heavy atom. The number of aliphatic carboxylic acids is 1. The molecule has 198 valence electrons. The van der Waals surface area contributed by atoms with Crippen molar-refractivity contribution < 1.29 is 34.5 Å². The number of rotatable bonds is 13. The Morgan fingerprint density at radius 3 is 2.19 bits per heavy atom. The molecule has 14 heteroatoms. The molecule has 0 fully saturated rings. The molecule has 4 unspecified atom stereocenters. The van der Waals surface area contributed by atoms with Gasteiger partial charge in [0.15, 0.2) is 0 Å². The van der Waals surface area contributed by atoms with Crippen LogP contribution < -0.4 is 21.7 Å². The number of fused-ring (bicyclic) bond motifs is 1. The second kappa shape index (κ2) is 12.6. The van der Waals surface area contributed by atoms with E-state index in [4.69, 9.17) is 15.9 Å². The number of carboxylic acids is 1. The van der Waals surface area contributed by atoms with E-state index in [1.54, 1.807) is 6.20 Å². The summed E-state index contributed by atoms with van der Waals surface area (Å²) in [6.45, 7) is -1.75. The van der Waals surface area contributed by atoms with Gasteiger partial charge in [-0.25, -0.2) is 9.78 Å². The molecule has 10 N–H and O–H groups in total. The fourth-order valence-corrected chi connectivity index (χ4v) is 3.66. The maximum absolute atomic E-state index is 13.2. The van der Waals surface area contributed by atoms with Gasteiger partial charge in [-0.1, -0.05) is 18.2 Å². The highest BCUT2D eigenvalue weighted by Gasteiger charge is 2.30. The standard InChI is InChI=1S/C23H29N7O7/c24-15(6-13-8-25-11-27-13)20(33)28-17(5-12-7-26-16-4-2-1-3-14(12)16)21(34)29-18(9-31)22(35)30-19(10-32)23(36)37/h1-4,7-8,11,15,17-19,26,31-32H,5-6,9-10,24H2,(H,25,27)(H,28,33)(H,29,34)(H,30,35)(H,36,37). The summed E-state index contributed by atoms with van der Waals surface area (Å²) in [4.78, 5) is 59.4. The van der Waals surface area contributed by atoms with E-state index in [1.807, 2.05) is 29.6 Å². The first-order valence-electron chi connectivity index (χ1n) is 11.4. The number of nitrogens with zero attached hydrogens (tertiary/aromatic N) is 1. The highest BCUT2D eigenvalue weighted by molar-refractivity contribution is 5.95. The molecule has 3 amide bonds. The van der Waals surface area contributed by atoms with Crippen LogP contribution in [-0.4, -0.2) is 91.3 Å². The van der Waals surface area contributed by atoms with Gasteiger partial charge in [0.1, 0.15) is 18.1 Å². The molecule has 0 saturated carbocycles. The van der Waals surface area contributed by atoms with Gasteiger partial charge in [-0.3, -0.25) is 14.4 Å². The van der Waals surface area contributed by atoms with Crippen LogP contribution in [-0.2, 0) is 32.0 Å². The van der Waals surface area contributed by atoms with E-state index >= 15 is 0 Å². The number of aliphatic hydroxyl groups is 2. The first-order chi connectivity index (χ1) is 17.7. The fraction of sp³-hybridized carbons (Fsp3) is 0.348. The maximum Gasteiger partial charge on any atom is 0.328 e. The molecule has 3 rings (SSSR count). The molecule has 0 saturated heterocycles. The van der Waals surface area contributed by atoms with Crippen LogP contribution in [0.15, 0.2) is 43.0 Å². The Bertz CT molecular complexity index is 1230. The largest absolute Gasteiger partial charge is 0.480 e. The van der Waals surface area contributed by atoms with Gasteiger partial charge < -0.3 is 47.0 Å². The number of amides is 3. The lowest BCUT2D eigenvalue weighted by Crippen LogP contribution is -2.59. The maximum atomic E-state index is 13.2. The number of H-pyrrole nitrogens is 2. The van der Waals surface area contributed by atoms with Crippen molar-refractivity contribution in [3.8, 4) is 0 Å². The number of hydrogen-bond donors (Lipinski definition) is 9. The molecule has 0 spiro atoms. The number of carboxylic acid groups (broad SMARTS) is 1. The molecule has 1 aromatic carbocycles. The van der Waals surface area contributed by atoms with Crippen LogP contribution in [0.3, 0.4) is 0 Å². The Morgan fingerprint density at radius 1 is 0.892 bits per heavy atom. The molecular weight excluding hydrogens is 486 g/mol. The first kappa shape index (κ1) is 27.3. The van der Waals surface area contributed by atoms with Gasteiger partial charge >= 0.3 is 5.97 Å². The van der Waals surface area contributed by atoms with Crippen molar-refractivity contribution in [1.82, 2.24) is 30.9 Å². The van der Waals surface area contributed by atoms with Crippen molar-refractivity contribution in [2.45, 2.75) is 37.0 Å². The minimum absolute atomic E-state index is 0.0204. The quantitative estimate of drug-likeness (QED) is 0.117. The van der Waals surface area contributed by atoms with Crippen LogP contribution in [0.1, 0.15) is 11.3 Å². The summed E-state index contributed by atoms with van der Waals surface area (Å²) >= 11 is 0. The zero-order valence-electron chi connectivity index (χ0n) is 19.7. The monoisotopic (exact) mass is 515 g/mol. The molecule has 0 aliphatic carbocycles. The Labute approximate surface area is 210 Å². The van der Waals surface area contributed by atoms with E-state index in [0.717, 1.165) is 10.9 Å². The number of aliphatic hydroxyl groups excluding tert-OH is 2. The predicted molar refractivity (Wildman–Crippen MR) is 130 cm³/mol. The second-order valence-corrected chi connectivity index (χ2v) is 8.34. The minimum atomic E-state index is -1.62. The van der Waals surface area contributed by atoms with Crippen LogP contribution in [0.2, 0.25) is 0 Å². The molecule has 14 nitrogen and oxygen atoms in total. The molecule has 37 heavy (non-hydrogen) atoms. The van der Waals surface area contributed by atoms with Gasteiger partial charge in [-0.2, -0.15) is 0 Å². The summed E-state index contributed by atoms with van der Waals surface area (Å²) in [6.07, 6.45) is 4.80. The number of aromatic nitrogens is 3. The molecule has 0 radical (unpaired) electrons. The van der Waals surface area contributed by atoms with Crippen LogP contribution in [0, 0.1) is 0 Å². The highest BCUT2D eigenvalue weighted by Crippen LogP contribution is 2.19. The van der Waals surface area contributed by atoms with Crippen LogP contribution in [0.25, 0.3) is 10.9 Å². The van der Waals surface area contributed by atoms with Crippen LogP contribution >= 0.6 is 0 Å². The Kier molecular flexibility index (Phi) is 9.32. The lowest BCUT2D eigenvalue weighted by molar-refractivity contribution is -0.143. The average molecular weight is 516 g/mol. The third-order valence-corrected chi connectivity index (χ3v) is 5.68. The molecular formula is C23H29N7O7. The Hall–Kier alpha value is -4.27. The molecule has 0 bridgehead atoms. The number of carbonyl (C=O) groups is 4. The average Bonchev–Trinajstić information content (AvgIpc) is 3.54. The van der Waals surface area contributed by atoms with Gasteiger partial charge in [-0.15, -0.1) is 0 Å². The summed E-state index contributed by atoms with van der Waals surface area (Å²) < 4.78 is 0. The lowest BCUT2D eigenvalue weighted by atomic mass is 10.0. The molecule has 4 atom stereocenters. The van der Waals surface area contributed by atoms with Crippen molar-refractivity contribution in [3.05, 3.63) is 54.2 Å². The van der Waals surface area contributed by atoms with Gasteiger partial charge in [0.2, 0.25) is 17.7 Å². The molecule has 2 heterocycles. The van der Waals surface area contributed by atoms with Crippen molar-refractivity contribution in [2.75, 3.05) is 13.2 Å². The summed E-state index contributed by atoms with van der Waals surface area (Å²) in [5.74, 6) is -3.96. The van der Waals surface area contributed by atoms with Crippen molar-refractivity contribution in [1.29, 1.82) is 0 Å². The van der Waals surface area contributed by atoms with Gasteiger partial charge in [0.05, 0.1) is 25.6 Å². The zero-order chi connectivity index (χ0) is 26.9.